The van der Waals surface area contributed by atoms with Crippen molar-refractivity contribution in [3.8, 4) is 0 Å². The van der Waals surface area contributed by atoms with Crippen molar-refractivity contribution in [2.24, 2.45) is 0 Å². The van der Waals surface area contributed by atoms with Crippen molar-refractivity contribution < 1.29 is 13.6 Å². The lowest BCUT2D eigenvalue weighted by Crippen LogP contribution is -2.48. The standard InChI is InChI=1S/C17H24F2N2O/c1-2-3-4-5-8-20-9-11-21(12-10-20)17(22)14-6-7-15(18)16(19)13-14/h6-7,13H,2-5,8-12H2,1H3. The number of halogens is 2. The summed E-state index contributed by atoms with van der Waals surface area (Å²) in [5, 5.41) is 0. The van der Waals surface area contributed by atoms with Crippen LogP contribution in [-0.2, 0) is 0 Å². The number of rotatable bonds is 6. The highest BCUT2D eigenvalue weighted by Crippen LogP contribution is 2.13. The third-order valence-electron chi connectivity index (χ3n) is 4.15. The largest absolute Gasteiger partial charge is 0.336 e. The summed E-state index contributed by atoms with van der Waals surface area (Å²) in [7, 11) is 0. The molecule has 0 spiro atoms. The smallest absolute Gasteiger partial charge is 0.254 e. The van der Waals surface area contributed by atoms with Crippen molar-refractivity contribution >= 4 is 5.91 Å². The Labute approximate surface area is 130 Å². The molecular formula is C17H24F2N2O. The topological polar surface area (TPSA) is 23.6 Å². The first-order valence-electron chi connectivity index (χ1n) is 8.08. The lowest BCUT2D eigenvalue weighted by molar-refractivity contribution is 0.0634. The highest BCUT2D eigenvalue weighted by atomic mass is 19.2. The summed E-state index contributed by atoms with van der Waals surface area (Å²) in [4.78, 5) is 16.4. The number of carbonyl (C=O) groups excluding carboxylic acids is 1. The second-order valence-electron chi connectivity index (χ2n) is 5.82. The molecule has 0 unspecified atom stereocenters. The van der Waals surface area contributed by atoms with Crippen LogP contribution in [-0.4, -0.2) is 48.4 Å². The van der Waals surface area contributed by atoms with E-state index in [1.165, 1.54) is 31.7 Å². The fraction of sp³-hybridized carbons (Fsp3) is 0.588. The lowest BCUT2D eigenvalue weighted by atomic mass is 10.1. The summed E-state index contributed by atoms with van der Waals surface area (Å²) in [6.45, 7) is 6.26. The van der Waals surface area contributed by atoms with E-state index in [0.29, 0.717) is 13.1 Å². The highest BCUT2D eigenvalue weighted by molar-refractivity contribution is 5.94. The molecule has 0 N–H and O–H groups in total. The molecule has 1 fully saturated rings. The Hall–Kier alpha value is -1.49. The minimum atomic E-state index is -0.972. The molecule has 122 valence electrons. The second-order valence-corrected chi connectivity index (χ2v) is 5.82. The number of nitrogens with zero attached hydrogens (tertiary/aromatic N) is 2. The van der Waals surface area contributed by atoms with E-state index in [1.54, 1.807) is 4.90 Å². The Morgan fingerprint density at radius 1 is 1.05 bits per heavy atom. The average molecular weight is 310 g/mol. The van der Waals surface area contributed by atoms with E-state index in [-0.39, 0.29) is 11.5 Å². The number of amides is 1. The van der Waals surface area contributed by atoms with E-state index in [0.717, 1.165) is 31.8 Å². The van der Waals surface area contributed by atoms with Gasteiger partial charge in [0.25, 0.3) is 5.91 Å². The molecule has 0 saturated carbocycles. The molecule has 0 aliphatic carbocycles. The van der Waals surface area contributed by atoms with Crippen molar-refractivity contribution in [3.63, 3.8) is 0 Å². The zero-order chi connectivity index (χ0) is 15.9. The minimum Gasteiger partial charge on any atom is -0.336 e. The summed E-state index contributed by atoms with van der Waals surface area (Å²) in [5.74, 6) is -2.11. The molecule has 0 aromatic heterocycles. The average Bonchev–Trinajstić information content (AvgIpc) is 2.54. The maximum atomic E-state index is 13.2. The van der Waals surface area contributed by atoms with Crippen LogP contribution in [0.15, 0.2) is 18.2 Å². The predicted molar refractivity (Wildman–Crippen MR) is 82.8 cm³/mol. The molecule has 0 radical (unpaired) electrons. The van der Waals surface area contributed by atoms with Crippen LogP contribution in [0.2, 0.25) is 0 Å². The fourth-order valence-corrected chi connectivity index (χ4v) is 2.75. The van der Waals surface area contributed by atoms with Crippen molar-refractivity contribution in [2.75, 3.05) is 32.7 Å². The molecule has 0 atom stereocenters. The van der Waals surface area contributed by atoms with E-state index >= 15 is 0 Å². The van der Waals surface area contributed by atoms with E-state index in [4.69, 9.17) is 0 Å². The number of benzene rings is 1. The van der Waals surface area contributed by atoms with E-state index in [1.807, 2.05) is 0 Å². The Bertz CT molecular complexity index is 499. The first-order chi connectivity index (χ1) is 10.6. The third kappa shape index (κ3) is 4.50. The van der Waals surface area contributed by atoms with Crippen molar-refractivity contribution in [3.05, 3.63) is 35.4 Å². The molecule has 1 aromatic rings. The van der Waals surface area contributed by atoms with Crippen molar-refractivity contribution in [1.82, 2.24) is 9.80 Å². The van der Waals surface area contributed by atoms with Crippen LogP contribution in [0, 0.1) is 11.6 Å². The molecule has 1 heterocycles. The summed E-state index contributed by atoms with van der Waals surface area (Å²) in [5.41, 5.74) is 0.218. The van der Waals surface area contributed by atoms with Gasteiger partial charge in [-0.15, -0.1) is 0 Å². The molecule has 2 rings (SSSR count). The molecule has 1 amide bonds. The molecular weight excluding hydrogens is 286 g/mol. The number of hydrogen-bond donors (Lipinski definition) is 0. The van der Waals surface area contributed by atoms with Gasteiger partial charge in [0, 0.05) is 31.7 Å². The van der Waals surface area contributed by atoms with E-state index in [2.05, 4.69) is 11.8 Å². The van der Waals surface area contributed by atoms with Crippen molar-refractivity contribution in [2.45, 2.75) is 32.6 Å². The summed E-state index contributed by atoms with van der Waals surface area (Å²) >= 11 is 0. The first-order valence-corrected chi connectivity index (χ1v) is 8.08. The van der Waals surface area contributed by atoms with Gasteiger partial charge in [-0.3, -0.25) is 9.69 Å². The summed E-state index contributed by atoms with van der Waals surface area (Å²) in [6.07, 6.45) is 4.96. The zero-order valence-electron chi connectivity index (χ0n) is 13.2. The second kappa shape index (κ2) is 8.22. The van der Waals surface area contributed by atoms with Crippen LogP contribution in [0.5, 0.6) is 0 Å². The van der Waals surface area contributed by atoms with Gasteiger partial charge in [-0.25, -0.2) is 8.78 Å². The van der Waals surface area contributed by atoms with Gasteiger partial charge in [-0.2, -0.15) is 0 Å². The highest BCUT2D eigenvalue weighted by Gasteiger charge is 2.22. The van der Waals surface area contributed by atoms with Gasteiger partial charge in [0.05, 0.1) is 0 Å². The van der Waals surface area contributed by atoms with Crippen LogP contribution in [0.1, 0.15) is 43.0 Å². The van der Waals surface area contributed by atoms with E-state index in [9.17, 15) is 13.6 Å². The van der Waals surface area contributed by atoms with E-state index < -0.39 is 11.6 Å². The van der Waals surface area contributed by atoms with Gasteiger partial charge in [0.1, 0.15) is 0 Å². The maximum absolute atomic E-state index is 13.2. The molecule has 22 heavy (non-hydrogen) atoms. The molecule has 1 aliphatic rings. The summed E-state index contributed by atoms with van der Waals surface area (Å²) < 4.78 is 26.1. The van der Waals surface area contributed by atoms with Crippen LogP contribution >= 0.6 is 0 Å². The third-order valence-corrected chi connectivity index (χ3v) is 4.15. The quantitative estimate of drug-likeness (QED) is 0.753. The van der Waals surface area contributed by atoms with Gasteiger partial charge in [0.2, 0.25) is 0 Å². The minimum absolute atomic E-state index is 0.218. The predicted octanol–water partition coefficient (Wildman–Crippen LogP) is 3.30. The lowest BCUT2D eigenvalue weighted by Gasteiger charge is -2.34. The molecule has 0 bridgehead atoms. The van der Waals surface area contributed by atoms with Crippen LogP contribution < -0.4 is 0 Å². The normalized spacial score (nSPS) is 16.0. The van der Waals surface area contributed by atoms with Crippen LogP contribution in [0.3, 0.4) is 0 Å². The fourth-order valence-electron chi connectivity index (χ4n) is 2.75. The van der Waals surface area contributed by atoms with Crippen LogP contribution in [0.4, 0.5) is 8.78 Å². The SMILES string of the molecule is CCCCCCN1CCN(C(=O)c2ccc(F)c(F)c2)CC1. The van der Waals surface area contributed by atoms with Gasteiger partial charge >= 0.3 is 0 Å². The first kappa shape index (κ1) is 16.9. The van der Waals surface area contributed by atoms with Gasteiger partial charge in [-0.05, 0) is 31.2 Å². The Kier molecular flexibility index (Phi) is 6.31. The monoisotopic (exact) mass is 310 g/mol. The Morgan fingerprint density at radius 3 is 2.41 bits per heavy atom. The zero-order valence-corrected chi connectivity index (χ0v) is 13.2. The number of hydrogen-bond acceptors (Lipinski definition) is 2. The van der Waals surface area contributed by atoms with Gasteiger partial charge < -0.3 is 4.90 Å². The Morgan fingerprint density at radius 2 is 1.77 bits per heavy atom. The van der Waals surface area contributed by atoms with Crippen LogP contribution in [0.25, 0.3) is 0 Å². The molecule has 3 nitrogen and oxygen atoms in total. The summed E-state index contributed by atoms with van der Waals surface area (Å²) in [6, 6.07) is 3.33. The number of unbranched alkanes of at least 4 members (excludes halogenated alkanes) is 3. The number of carbonyl (C=O) groups is 1. The molecule has 5 heteroatoms. The molecule has 1 aromatic carbocycles. The van der Waals surface area contributed by atoms with Crippen molar-refractivity contribution in [1.29, 1.82) is 0 Å². The molecule has 1 aliphatic heterocycles. The van der Waals surface area contributed by atoms with Gasteiger partial charge in [-0.1, -0.05) is 26.2 Å². The molecule has 1 saturated heterocycles. The maximum Gasteiger partial charge on any atom is 0.254 e. The Balaban J connectivity index is 1.80. The number of piperazine rings is 1. The van der Waals surface area contributed by atoms with Gasteiger partial charge in [0.15, 0.2) is 11.6 Å².